The molecule has 1 rings (SSSR count). The molecule has 0 radical (unpaired) electrons. The maximum absolute atomic E-state index is 12.1. The Morgan fingerprint density at radius 1 is 1.35 bits per heavy atom. The van der Waals surface area contributed by atoms with E-state index in [9.17, 15) is 13.2 Å². The average molecular weight is 297 g/mol. The predicted octanol–water partition coefficient (Wildman–Crippen LogP) is 0.538. The molecule has 0 aliphatic heterocycles. The number of rotatable bonds is 6. The second-order valence-electron chi connectivity index (χ2n) is 3.78. The number of hydrogen-bond donors (Lipinski definition) is 1. The van der Waals surface area contributed by atoms with Crippen LogP contribution < -0.4 is 9.46 Å². The van der Waals surface area contributed by atoms with Crippen molar-refractivity contribution in [3.05, 3.63) is 24.3 Å². The summed E-state index contributed by atoms with van der Waals surface area (Å²) in [6.07, 6.45) is 5.01. The van der Waals surface area contributed by atoms with Gasteiger partial charge < -0.3 is 9.47 Å². The minimum atomic E-state index is -3.86. The third-order valence-corrected chi connectivity index (χ3v) is 3.96. The first-order chi connectivity index (χ1) is 9.44. The summed E-state index contributed by atoms with van der Waals surface area (Å²) in [6.45, 7) is 0. The maximum atomic E-state index is 12.1. The van der Waals surface area contributed by atoms with Gasteiger partial charge >= 0.3 is 5.97 Å². The minimum Gasteiger partial charge on any atom is -0.497 e. The lowest BCUT2D eigenvalue weighted by Gasteiger charge is -2.14. The molecule has 0 spiro atoms. The highest BCUT2D eigenvalue weighted by Crippen LogP contribution is 2.16. The Hall–Kier alpha value is -2.04. The molecule has 0 aromatic heterocycles. The van der Waals surface area contributed by atoms with Crippen molar-refractivity contribution in [3.8, 4) is 18.1 Å². The fourth-order valence-electron chi connectivity index (χ4n) is 1.44. The van der Waals surface area contributed by atoms with Gasteiger partial charge in [-0.2, -0.15) is 4.72 Å². The van der Waals surface area contributed by atoms with Gasteiger partial charge in [-0.15, -0.1) is 12.3 Å². The summed E-state index contributed by atoms with van der Waals surface area (Å²) in [4.78, 5) is 11.5. The summed E-state index contributed by atoms with van der Waals surface area (Å²) in [5.74, 6) is 2.02. The van der Waals surface area contributed by atoms with Crippen LogP contribution in [-0.4, -0.2) is 34.6 Å². The number of carbonyl (C=O) groups is 1. The van der Waals surface area contributed by atoms with Gasteiger partial charge in [-0.1, -0.05) is 0 Å². The van der Waals surface area contributed by atoms with Gasteiger partial charge in [0.15, 0.2) is 0 Å². The van der Waals surface area contributed by atoms with Crippen LogP contribution in [0.25, 0.3) is 0 Å². The van der Waals surface area contributed by atoms with E-state index in [1.165, 1.54) is 31.4 Å². The van der Waals surface area contributed by atoms with Crippen LogP contribution in [0.2, 0.25) is 0 Å². The quantitative estimate of drug-likeness (QED) is 0.612. The van der Waals surface area contributed by atoms with Crippen molar-refractivity contribution in [2.24, 2.45) is 0 Å². The number of methoxy groups -OCH3 is 2. The molecule has 0 bridgehead atoms. The van der Waals surface area contributed by atoms with Crippen LogP contribution in [0.3, 0.4) is 0 Å². The molecule has 0 heterocycles. The largest absolute Gasteiger partial charge is 0.497 e. The Labute approximate surface area is 118 Å². The minimum absolute atomic E-state index is 0.00391. The molecule has 1 aromatic carbocycles. The first-order valence-electron chi connectivity index (χ1n) is 5.62. The van der Waals surface area contributed by atoms with E-state index in [0.29, 0.717) is 5.75 Å². The van der Waals surface area contributed by atoms with E-state index in [1.807, 2.05) is 0 Å². The van der Waals surface area contributed by atoms with E-state index in [1.54, 1.807) is 0 Å². The fraction of sp³-hybridized carbons (Fsp3) is 0.308. The van der Waals surface area contributed by atoms with Gasteiger partial charge in [0.05, 0.1) is 19.1 Å². The molecule has 0 saturated heterocycles. The standard InChI is InChI=1S/C13H15NO5S/c1-4-5-12(13(15)19-3)14-20(16,17)11-8-6-10(18-2)7-9-11/h1,6-9,12,14H,5H2,2-3H3/t12-/m1/s1. The van der Waals surface area contributed by atoms with Gasteiger partial charge in [0, 0.05) is 6.42 Å². The van der Waals surface area contributed by atoms with Crippen LogP contribution in [0.5, 0.6) is 5.75 Å². The second-order valence-corrected chi connectivity index (χ2v) is 5.49. The van der Waals surface area contributed by atoms with E-state index in [4.69, 9.17) is 11.2 Å². The Bertz CT molecular complexity index is 601. The summed E-state index contributed by atoms with van der Waals surface area (Å²) < 4.78 is 35.9. The number of sulfonamides is 1. The smallest absolute Gasteiger partial charge is 0.324 e. The summed E-state index contributed by atoms with van der Waals surface area (Å²) >= 11 is 0. The molecule has 0 saturated carbocycles. The first-order valence-corrected chi connectivity index (χ1v) is 7.10. The van der Waals surface area contributed by atoms with Crippen molar-refractivity contribution in [2.75, 3.05) is 14.2 Å². The monoisotopic (exact) mass is 297 g/mol. The van der Waals surface area contributed by atoms with E-state index < -0.39 is 22.0 Å². The highest BCUT2D eigenvalue weighted by molar-refractivity contribution is 7.89. The maximum Gasteiger partial charge on any atom is 0.324 e. The van der Waals surface area contributed by atoms with Crippen molar-refractivity contribution in [1.29, 1.82) is 0 Å². The van der Waals surface area contributed by atoms with E-state index >= 15 is 0 Å². The molecule has 1 N–H and O–H groups in total. The molecule has 0 unspecified atom stereocenters. The summed E-state index contributed by atoms with van der Waals surface area (Å²) in [7, 11) is -1.23. The van der Waals surface area contributed by atoms with E-state index in [-0.39, 0.29) is 11.3 Å². The van der Waals surface area contributed by atoms with Gasteiger partial charge in [0.2, 0.25) is 10.0 Å². The molecular formula is C13H15NO5S. The average Bonchev–Trinajstić information content (AvgIpc) is 2.45. The van der Waals surface area contributed by atoms with Crippen molar-refractivity contribution in [3.63, 3.8) is 0 Å². The summed E-state index contributed by atoms with van der Waals surface area (Å²) in [5, 5.41) is 0. The van der Waals surface area contributed by atoms with Crippen LogP contribution >= 0.6 is 0 Å². The fourth-order valence-corrected chi connectivity index (χ4v) is 2.63. The lowest BCUT2D eigenvalue weighted by atomic mass is 10.2. The van der Waals surface area contributed by atoms with Crippen LogP contribution in [0.15, 0.2) is 29.2 Å². The highest BCUT2D eigenvalue weighted by atomic mass is 32.2. The molecule has 6 nitrogen and oxygen atoms in total. The Morgan fingerprint density at radius 2 is 1.95 bits per heavy atom. The topological polar surface area (TPSA) is 81.7 Å². The molecule has 0 amide bonds. The number of terminal acetylenes is 1. The zero-order valence-electron chi connectivity index (χ0n) is 11.1. The van der Waals surface area contributed by atoms with E-state index in [0.717, 1.165) is 7.11 Å². The lowest BCUT2D eigenvalue weighted by Crippen LogP contribution is -2.41. The first kappa shape index (κ1) is 16.0. The Kier molecular flexibility index (Phi) is 5.55. The third-order valence-electron chi connectivity index (χ3n) is 2.47. The van der Waals surface area contributed by atoms with Crippen molar-refractivity contribution < 1.29 is 22.7 Å². The van der Waals surface area contributed by atoms with Gasteiger partial charge in [-0.25, -0.2) is 8.42 Å². The zero-order valence-corrected chi connectivity index (χ0v) is 11.9. The van der Waals surface area contributed by atoms with Crippen LogP contribution in [-0.2, 0) is 19.6 Å². The van der Waals surface area contributed by atoms with Gasteiger partial charge in [0.25, 0.3) is 0 Å². The molecule has 0 aliphatic carbocycles. The molecule has 1 aromatic rings. The molecule has 20 heavy (non-hydrogen) atoms. The molecular weight excluding hydrogens is 282 g/mol. The number of carbonyl (C=O) groups excluding carboxylic acids is 1. The van der Waals surface area contributed by atoms with Gasteiger partial charge in [-0.05, 0) is 24.3 Å². The normalized spacial score (nSPS) is 12.2. The Morgan fingerprint density at radius 3 is 2.40 bits per heavy atom. The molecule has 1 atom stereocenters. The lowest BCUT2D eigenvalue weighted by molar-refractivity contribution is -0.142. The van der Waals surface area contributed by atoms with Gasteiger partial charge in [-0.3, -0.25) is 4.79 Å². The van der Waals surface area contributed by atoms with Crippen molar-refractivity contribution in [1.82, 2.24) is 4.72 Å². The molecule has 7 heteroatoms. The SMILES string of the molecule is C#CC[C@@H](NS(=O)(=O)c1ccc(OC)cc1)C(=O)OC. The summed E-state index contributed by atoms with van der Waals surface area (Å²) in [6, 6.07) is 4.62. The van der Waals surface area contributed by atoms with Crippen LogP contribution in [0.4, 0.5) is 0 Å². The molecule has 108 valence electrons. The Balaban J connectivity index is 2.97. The third kappa shape index (κ3) is 3.98. The predicted molar refractivity (Wildman–Crippen MR) is 72.6 cm³/mol. The number of hydrogen-bond acceptors (Lipinski definition) is 5. The second kappa shape index (κ2) is 6.93. The van der Waals surface area contributed by atoms with E-state index in [2.05, 4.69) is 15.4 Å². The number of nitrogens with one attached hydrogen (secondary N) is 1. The van der Waals surface area contributed by atoms with Crippen LogP contribution in [0, 0.1) is 12.3 Å². The molecule has 0 fully saturated rings. The van der Waals surface area contributed by atoms with Crippen molar-refractivity contribution in [2.45, 2.75) is 17.4 Å². The zero-order chi connectivity index (χ0) is 15.2. The van der Waals surface area contributed by atoms with Crippen molar-refractivity contribution >= 4 is 16.0 Å². The van der Waals surface area contributed by atoms with Crippen LogP contribution in [0.1, 0.15) is 6.42 Å². The number of benzene rings is 1. The van der Waals surface area contributed by atoms with Gasteiger partial charge in [0.1, 0.15) is 11.8 Å². The summed E-state index contributed by atoms with van der Waals surface area (Å²) in [5.41, 5.74) is 0. The number of esters is 1. The number of ether oxygens (including phenoxy) is 2. The molecule has 0 aliphatic rings. The highest BCUT2D eigenvalue weighted by Gasteiger charge is 2.25.